The van der Waals surface area contributed by atoms with Crippen molar-refractivity contribution < 1.29 is 9.50 Å². The van der Waals surface area contributed by atoms with Crippen LogP contribution < -0.4 is 11.3 Å². The summed E-state index contributed by atoms with van der Waals surface area (Å²) in [5.41, 5.74) is 6.14. The Balaban J connectivity index is 2.75. The number of hydrogen-bond donors (Lipinski definition) is 2. The zero-order valence-electron chi connectivity index (χ0n) is 9.14. The Morgan fingerprint density at radius 3 is 2.47 bits per heavy atom. The van der Waals surface area contributed by atoms with E-state index < -0.39 is 11.4 Å². The van der Waals surface area contributed by atoms with Crippen LogP contribution in [0.15, 0.2) is 35.1 Å². The second-order valence-electron chi connectivity index (χ2n) is 3.71. The van der Waals surface area contributed by atoms with Gasteiger partial charge in [-0.25, -0.2) is 4.39 Å². The van der Waals surface area contributed by atoms with E-state index in [4.69, 9.17) is 5.73 Å². The second-order valence-corrected chi connectivity index (χ2v) is 3.71. The first-order valence-electron chi connectivity index (χ1n) is 4.97. The molecule has 0 bridgehead atoms. The number of halogens is 1. The summed E-state index contributed by atoms with van der Waals surface area (Å²) < 4.78 is 13.9. The van der Waals surface area contributed by atoms with Crippen LogP contribution >= 0.6 is 0 Å². The van der Waals surface area contributed by atoms with Gasteiger partial charge in [-0.15, -0.1) is 0 Å². The van der Waals surface area contributed by atoms with Gasteiger partial charge in [-0.3, -0.25) is 9.36 Å². The van der Waals surface area contributed by atoms with Crippen molar-refractivity contribution in [1.82, 2.24) is 4.57 Å². The molecule has 1 heterocycles. The molecule has 0 atom stereocenters. The molecule has 2 aromatic rings. The van der Waals surface area contributed by atoms with Gasteiger partial charge in [0, 0.05) is 0 Å². The standard InChI is InChI=1S/C12H11FN2O2/c1-7-6-10(16)12(17)15(11(7)14)9-4-2-8(13)3-5-9/h2-6,16H,14H2,1H3. The molecule has 0 aliphatic heterocycles. The van der Waals surface area contributed by atoms with E-state index in [0.29, 0.717) is 11.3 Å². The second kappa shape index (κ2) is 3.93. The molecular weight excluding hydrogens is 223 g/mol. The molecule has 0 aliphatic carbocycles. The third-order valence-corrected chi connectivity index (χ3v) is 2.51. The Morgan fingerprint density at radius 1 is 1.29 bits per heavy atom. The van der Waals surface area contributed by atoms with Gasteiger partial charge < -0.3 is 10.8 Å². The molecule has 1 aromatic heterocycles. The van der Waals surface area contributed by atoms with Gasteiger partial charge in [-0.2, -0.15) is 0 Å². The van der Waals surface area contributed by atoms with Gasteiger partial charge in [-0.1, -0.05) is 0 Å². The maximum Gasteiger partial charge on any atom is 0.298 e. The predicted molar refractivity (Wildman–Crippen MR) is 62.8 cm³/mol. The summed E-state index contributed by atoms with van der Waals surface area (Å²) in [5, 5.41) is 9.46. The van der Waals surface area contributed by atoms with Crippen LogP contribution in [0.2, 0.25) is 0 Å². The fraction of sp³-hybridized carbons (Fsp3) is 0.0833. The summed E-state index contributed by atoms with van der Waals surface area (Å²) >= 11 is 0. The average molecular weight is 234 g/mol. The fourth-order valence-electron chi connectivity index (χ4n) is 1.59. The lowest BCUT2D eigenvalue weighted by molar-refractivity contribution is 0.463. The van der Waals surface area contributed by atoms with Crippen molar-refractivity contribution in [2.24, 2.45) is 0 Å². The molecule has 0 amide bonds. The minimum absolute atomic E-state index is 0.222. The van der Waals surface area contributed by atoms with Crippen LogP contribution in [0.4, 0.5) is 10.2 Å². The number of nitrogens with two attached hydrogens (primary N) is 1. The molecule has 5 heteroatoms. The summed E-state index contributed by atoms with van der Waals surface area (Å²) in [6.45, 7) is 1.68. The Hall–Kier alpha value is -2.30. The van der Waals surface area contributed by atoms with E-state index in [-0.39, 0.29) is 11.6 Å². The van der Waals surface area contributed by atoms with E-state index in [0.717, 1.165) is 4.57 Å². The van der Waals surface area contributed by atoms with E-state index in [2.05, 4.69) is 0 Å². The number of anilines is 1. The zero-order valence-corrected chi connectivity index (χ0v) is 9.14. The molecule has 3 N–H and O–H groups in total. The Morgan fingerprint density at radius 2 is 1.88 bits per heavy atom. The van der Waals surface area contributed by atoms with Crippen molar-refractivity contribution in [3.63, 3.8) is 0 Å². The number of nitrogens with zero attached hydrogens (tertiary/aromatic N) is 1. The maximum absolute atomic E-state index is 12.8. The van der Waals surface area contributed by atoms with E-state index in [9.17, 15) is 14.3 Å². The molecular formula is C12H11FN2O2. The smallest absolute Gasteiger partial charge is 0.298 e. The lowest BCUT2D eigenvalue weighted by Crippen LogP contribution is -2.21. The lowest BCUT2D eigenvalue weighted by atomic mass is 10.2. The van der Waals surface area contributed by atoms with Gasteiger partial charge in [0.15, 0.2) is 5.75 Å². The minimum atomic E-state index is -0.625. The van der Waals surface area contributed by atoms with Gasteiger partial charge in [0.1, 0.15) is 11.6 Å². The van der Waals surface area contributed by atoms with Crippen molar-refractivity contribution in [1.29, 1.82) is 0 Å². The zero-order chi connectivity index (χ0) is 12.6. The molecule has 88 valence electrons. The van der Waals surface area contributed by atoms with Crippen LogP contribution in [0.1, 0.15) is 5.56 Å². The first-order valence-corrected chi connectivity index (χ1v) is 4.97. The number of aromatic hydroxyl groups is 1. The number of benzene rings is 1. The number of pyridine rings is 1. The van der Waals surface area contributed by atoms with Crippen LogP contribution in [-0.4, -0.2) is 9.67 Å². The molecule has 0 radical (unpaired) electrons. The summed E-state index contributed by atoms with van der Waals surface area (Å²) in [7, 11) is 0. The number of hydrogen-bond acceptors (Lipinski definition) is 3. The van der Waals surface area contributed by atoms with E-state index in [1.807, 2.05) is 0 Å². The van der Waals surface area contributed by atoms with Gasteiger partial charge >= 0.3 is 0 Å². The molecule has 1 aromatic carbocycles. The van der Waals surface area contributed by atoms with Crippen molar-refractivity contribution >= 4 is 5.82 Å². The normalized spacial score (nSPS) is 10.5. The molecule has 0 unspecified atom stereocenters. The summed E-state index contributed by atoms with van der Waals surface area (Å²) in [4.78, 5) is 11.8. The van der Waals surface area contributed by atoms with Gasteiger partial charge in [0.05, 0.1) is 5.69 Å². The Labute approximate surface area is 96.7 Å². The molecule has 0 saturated heterocycles. The lowest BCUT2D eigenvalue weighted by Gasteiger charge is -2.12. The van der Waals surface area contributed by atoms with Crippen LogP contribution in [0, 0.1) is 12.7 Å². The van der Waals surface area contributed by atoms with E-state index in [1.54, 1.807) is 6.92 Å². The monoisotopic (exact) mass is 234 g/mol. The highest BCUT2D eigenvalue weighted by Crippen LogP contribution is 2.18. The molecule has 0 spiro atoms. The third-order valence-electron chi connectivity index (χ3n) is 2.51. The SMILES string of the molecule is Cc1cc(O)c(=O)n(-c2ccc(F)cc2)c1N. The summed E-state index contributed by atoms with van der Waals surface area (Å²) in [6, 6.07) is 6.59. The van der Waals surface area contributed by atoms with Crippen LogP contribution in [0.25, 0.3) is 5.69 Å². The maximum atomic E-state index is 12.8. The molecule has 0 saturated carbocycles. The Kier molecular flexibility index (Phi) is 2.59. The number of nitrogen functional groups attached to an aromatic ring is 1. The van der Waals surface area contributed by atoms with E-state index in [1.165, 1.54) is 30.3 Å². The fourth-order valence-corrected chi connectivity index (χ4v) is 1.59. The van der Waals surface area contributed by atoms with Crippen molar-refractivity contribution in [3.05, 3.63) is 52.1 Å². The molecule has 4 nitrogen and oxygen atoms in total. The molecule has 2 rings (SSSR count). The Bertz CT molecular complexity index is 618. The largest absolute Gasteiger partial charge is 0.503 e. The van der Waals surface area contributed by atoms with E-state index >= 15 is 0 Å². The van der Waals surface area contributed by atoms with Crippen LogP contribution in [0.3, 0.4) is 0 Å². The molecule has 0 fully saturated rings. The minimum Gasteiger partial charge on any atom is -0.503 e. The van der Waals surface area contributed by atoms with Crippen LogP contribution in [0.5, 0.6) is 5.75 Å². The topological polar surface area (TPSA) is 68.2 Å². The first kappa shape index (κ1) is 11.2. The van der Waals surface area contributed by atoms with Gasteiger partial charge in [0.25, 0.3) is 5.56 Å². The summed E-state index contributed by atoms with van der Waals surface area (Å²) in [6.07, 6.45) is 0. The summed E-state index contributed by atoms with van der Waals surface area (Å²) in [5.74, 6) is -0.572. The van der Waals surface area contributed by atoms with Gasteiger partial charge in [-0.05, 0) is 42.8 Å². The first-order chi connectivity index (χ1) is 8.00. The predicted octanol–water partition coefficient (Wildman–Crippen LogP) is 1.57. The highest BCUT2D eigenvalue weighted by atomic mass is 19.1. The number of aromatic nitrogens is 1. The molecule has 0 aliphatic rings. The molecule has 17 heavy (non-hydrogen) atoms. The van der Waals surface area contributed by atoms with Crippen molar-refractivity contribution in [3.8, 4) is 11.4 Å². The third kappa shape index (κ3) is 1.87. The number of aryl methyl sites for hydroxylation is 1. The van der Waals surface area contributed by atoms with Crippen LogP contribution in [-0.2, 0) is 0 Å². The number of rotatable bonds is 1. The van der Waals surface area contributed by atoms with Gasteiger partial charge in [0.2, 0.25) is 0 Å². The van der Waals surface area contributed by atoms with Crippen molar-refractivity contribution in [2.75, 3.05) is 5.73 Å². The highest BCUT2D eigenvalue weighted by molar-refractivity contribution is 5.50. The highest BCUT2D eigenvalue weighted by Gasteiger charge is 2.10. The van der Waals surface area contributed by atoms with Crippen molar-refractivity contribution in [2.45, 2.75) is 6.92 Å². The average Bonchev–Trinajstić information content (AvgIpc) is 2.29. The quantitative estimate of drug-likeness (QED) is 0.787.